The van der Waals surface area contributed by atoms with Crippen molar-refractivity contribution < 1.29 is 9.53 Å². The van der Waals surface area contributed by atoms with E-state index in [0.29, 0.717) is 13.0 Å². The SMILES string of the molecule is CCOc1ccc([C@@H]2Nc3ccc4ccccc4c3C3=C2C(=O)CC(C)(C)C3)cc1. The Kier molecular flexibility index (Phi) is 4.43. The maximum Gasteiger partial charge on any atom is 0.162 e. The fourth-order valence-electron chi connectivity index (χ4n) is 5.01. The number of Topliss-reactive ketones (excluding diaryl/α,β-unsaturated/α-hetero) is 1. The average molecular weight is 398 g/mol. The molecule has 3 nitrogen and oxygen atoms in total. The lowest BCUT2D eigenvalue weighted by atomic mass is 9.68. The number of hydrogen-bond donors (Lipinski definition) is 1. The number of ether oxygens (including phenoxy) is 1. The third-order valence-electron chi connectivity index (χ3n) is 6.26. The number of benzene rings is 3. The van der Waals surface area contributed by atoms with Crippen LogP contribution in [0, 0.1) is 5.41 Å². The first-order valence-electron chi connectivity index (χ1n) is 10.7. The number of allylic oxidation sites excluding steroid dienone is 1. The number of anilines is 1. The van der Waals surface area contributed by atoms with Crippen LogP contribution in [0.25, 0.3) is 16.3 Å². The summed E-state index contributed by atoms with van der Waals surface area (Å²) in [6.45, 7) is 7.03. The van der Waals surface area contributed by atoms with Crippen LogP contribution in [0.2, 0.25) is 0 Å². The fourth-order valence-corrected chi connectivity index (χ4v) is 5.01. The Labute approximate surface area is 177 Å². The molecule has 0 radical (unpaired) electrons. The number of carbonyl (C=O) groups is 1. The highest BCUT2D eigenvalue weighted by Crippen LogP contribution is 2.52. The van der Waals surface area contributed by atoms with Crippen molar-refractivity contribution in [3.05, 3.63) is 77.4 Å². The van der Waals surface area contributed by atoms with Gasteiger partial charge < -0.3 is 10.1 Å². The lowest BCUT2D eigenvalue weighted by molar-refractivity contribution is -0.118. The lowest BCUT2D eigenvalue weighted by Crippen LogP contribution is -2.33. The Morgan fingerprint density at radius 1 is 1.00 bits per heavy atom. The van der Waals surface area contributed by atoms with E-state index in [1.807, 2.05) is 19.1 Å². The highest BCUT2D eigenvalue weighted by Gasteiger charge is 2.40. The molecular formula is C27H27NO2. The standard InChI is InChI=1S/C27H27NO2/c1-4-30-19-12-9-18(10-13-19)26-25-21(15-27(2,3)16-23(25)29)24-20-8-6-5-7-17(20)11-14-22(24)28-26/h5-14,26,28H,4,15-16H2,1-3H3/t26-/m0/s1. The third kappa shape index (κ3) is 3.09. The minimum Gasteiger partial charge on any atom is -0.494 e. The molecular weight excluding hydrogens is 370 g/mol. The second-order valence-corrected chi connectivity index (χ2v) is 9.12. The van der Waals surface area contributed by atoms with E-state index < -0.39 is 0 Å². The van der Waals surface area contributed by atoms with E-state index >= 15 is 0 Å². The first kappa shape index (κ1) is 18.9. The molecule has 1 atom stereocenters. The molecule has 0 fully saturated rings. The Balaban J connectivity index is 1.71. The molecule has 1 heterocycles. The highest BCUT2D eigenvalue weighted by molar-refractivity contribution is 6.12. The van der Waals surface area contributed by atoms with Crippen molar-refractivity contribution in [3.63, 3.8) is 0 Å². The van der Waals surface area contributed by atoms with Crippen LogP contribution in [0.3, 0.4) is 0 Å². The Bertz CT molecular complexity index is 1170. The van der Waals surface area contributed by atoms with E-state index in [9.17, 15) is 4.79 Å². The van der Waals surface area contributed by atoms with Gasteiger partial charge in [0.1, 0.15) is 5.75 Å². The summed E-state index contributed by atoms with van der Waals surface area (Å²) < 4.78 is 5.61. The molecule has 0 unspecified atom stereocenters. The largest absolute Gasteiger partial charge is 0.494 e. The van der Waals surface area contributed by atoms with E-state index in [2.05, 4.69) is 67.7 Å². The Morgan fingerprint density at radius 2 is 1.77 bits per heavy atom. The van der Waals surface area contributed by atoms with Gasteiger partial charge in [-0.2, -0.15) is 0 Å². The predicted molar refractivity (Wildman–Crippen MR) is 123 cm³/mol. The van der Waals surface area contributed by atoms with Gasteiger partial charge in [0, 0.05) is 23.2 Å². The van der Waals surface area contributed by atoms with Crippen molar-refractivity contribution in [2.75, 3.05) is 11.9 Å². The molecule has 3 aromatic rings. The molecule has 5 rings (SSSR count). The van der Waals surface area contributed by atoms with Crippen LogP contribution in [0.4, 0.5) is 5.69 Å². The summed E-state index contributed by atoms with van der Waals surface area (Å²) in [7, 11) is 0. The van der Waals surface area contributed by atoms with Crippen molar-refractivity contribution >= 4 is 27.8 Å². The number of carbonyl (C=O) groups excluding carboxylic acids is 1. The summed E-state index contributed by atoms with van der Waals surface area (Å²) in [5, 5.41) is 6.12. The van der Waals surface area contributed by atoms with E-state index in [1.165, 1.54) is 21.9 Å². The van der Waals surface area contributed by atoms with Gasteiger partial charge in [0.25, 0.3) is 0 Å². The van der Waals surface area contributed by atoms with E-state index in [4.69, 9.17) is 4.74 Å². The van der Waals surface area contributed by atoms with Gasteiger partial charge in [0.15, 0.2) is 5.78 Å². The molecule has 0 saturated carbocycles. The molecule has 3 heteroatoms. The Morgan fingerprint density at radius 3 is 2.53 bits per heavy atom. The summed E-state index contributed by atoms with van der Waals surface area (Å²) >= 11 is 0. The molecule has 30 heavy (non-hydrogen) atoms. The molecule has 1 N–H and O–H groups in total. The molecule has 0 amide bonds. The normalized spacial score (nSPS) is 19.8. The second kappa shape index (κ2) is 7.02. The average Bonchev–Trinajstić information content (AvgIpc) is 2.72. The molecule has 2 aliphatic rings. The van der Waals surface area contributed by atoms with Crippen LogP contribution in [0.1, 0.15) is 50.8 Å². The number of ketones is 1. The number of nitrogens with one attached hydrogen (secondary N) is 1. The van der Waals surface area contributed by atoms with Gasteiger partial charge in [-0.05, 0) is 58.9 Å². The van der Waals surface area contributed by atoms with Gasteiger partial charge >= 0.3 is 0 Å². The van der Waals surface area contributed by atoms with Crippen LogP contribution in [0.15, 0.2) is 66.2 Å². The fraction of sp³-hybridized carbons (Fsp3) is 0.296. The zero-order chi connectivity index (χ0) is 20.9. The quantitative estimate of drug-likeness (QED) is 0.545. The van der Waals surface area contributed by atoms with E-state index in [1.54, 1.807) is 0 Å². The molecule has 3 aromatic carbocycles. The van der Waals surface area contributed by atoms with E-state index in [-0.39, 0.29) is 17.2 Å². The van der Waals surface area contributed by atoms with Gasteiger partial charge in [-0.1, -0.05) is 56.3 Å². The van der Waals surface area contributed by atoms with Crippen LogP contribution >= 0.6 is 0 Å². The maximum absolute atomic E-state index is 13.4. The number of fused-ring (bicyclic) bond motifs is 4. The molecule has 0 aromatic heterocycles. The lowest BCUT2D eigenvalue weighted by Gasteiger charge is -2.40. The Hall–Kier alpha value is -3.07. The van der Waals surface area contributed by atoms with Crippen molar-refractivity contribution in [1.29, 1.82) is 0 Å². The molecule has 1 aliphatic carbocycles. The summed E-state index contributed by atoms with van der Waals surface area (Å²) in [6.07, 6.45) is 1.49. The van der Waals surface area contributed by atoms with Gasteiger partial charge in [-0.3, -0.25) is 4.79 Å². The number of hydrogen-bond acceptors (Lipinski definition) is 3. The smallest absolute Gasteiger partial charge is 0.162 e. The summed E-state index contributed by atoms with van der Waals surface area (Å²) in [5.74, 6) is 1.11. The number of rotatable bonds is 3. The van der Waals surface area contributed by atoms with E-state index in [0.717, 1.165) is 29.0 Å². The van der Waals surface area contributed by atoms with Gasteiger partial charge in [0.2, 0.25) is 0 Å². The zero-order valence-electron chi connectivity index (χ0n) is 17.8. The molecule has 152 valence electrons. The van der Waals surface area contributed by atoms with Gasteiger partial charge in [-0.15, -0.1) is 0 Å². The van der Waals surface area contributed by atoms with Crippen LogP contribution in [-0.4, -0.2) is 12.4 Å². The topological polar surface area (TPSA) is 38.3 Å². The van der Waals surface area contributed by atoms with Crippen molar-refractivity contribution in [3.8, 4) is 5.75 Å². The first-order valence-corrected chi connectivity index (χ1v) is 10.7. The molecule has 0 spiro atoms. The van der Waals surface area contributed by atoms with Crippen molar-refractivity contribution in [1.82, 2.24) is 0 Å². The van der Waals surface area contributed by atoms with Crippen LogP contribution in [0.5, 0.6) is 5.75 Å². The van der Waals surface area contributed by atoms with Crippen molar-refractivity contribution in [2.24, 2.45) is 5.41 Å². The predicted octanol–water partition coefficient (Wildman–Crippen LogP) is 6.55. The molecule has 0 bridgehead atoms. The second-order valence-electron chi connectivity index (χ2n) is 9.12. The minimum absolute atomic E-state index is 0.0369. The van der Waals surface area contributed by atoms with Crippen molar-refractivity contribution in [2.45, 2.75) is 39.7 Å². The summed E-state index contributed by atoms with van der Waals surface area (Å²) in [5.41, 5.74) is 5.51. The van der Waals surface area contributed by atoms with Crippen LogP contribution in [-0.2, 0) is 4.79 Å². The van der Waals surface area contributed by atoms with Crippen LogP contribution < -0.4 is 10.1 Å². The zero-order valence-corrected chi connectivity index (χ0v) is 17.8. The third-order valence-corrected chi connectivity index (χ3v) is 6.26. The summed E-state index contributed by atoms with van der Waals surface area (Å²) in [4.78, 5) is 13.4. The maximum atomic E-state index is 13.4. The molecule has 1 aliphatic heterocycles. The minimum atomic E-state index is -0.132. The summed E-state index contributed by atoms with van der Waals surface area (Å²) in [6, 6.07) is 20.8. The first-order chi connectivity index (χ1) is 14.5. The van der Waals surface area contributed by atoms with Gasteiger partial charge in [-0.25, -0.2) is 0 Å². The molecule has 0 saturated heterocycles. The van der Waals surface area contributed by atoms with Gasteiger partial charge in [0.05, 0.1) is 12.6 Å². The monoisotopic (exact) mass is 397 g/mol. The highest BCUT2D eigenvalue weighted by atomic mass is 16.5.